The highest BCUT2D eigenvalue weighted by atomic mass is 16.7. The van der Waals surface area contributed by atoms with Crippen molar-refractivity contribution in [2.75, 3.05) is 20.9 Å². The van der Waals surface area contributed by atoms with Crippen LogP contribution in [0.15, 0.2) is 12.1 Å². The van der Waals surface area contributed by atoms with Crippen molar-refractivity contribution in [1.29, 1.82) is 0 Å². The molecule has 0 saturated carbocycles. The summed E-state index contributed by atoms with van der Waals surface area (Å²) in [5.74, 6) is -0.287. The standard InChI is InChI=1S/C10H10O5/c1-12-7-3-6(10(11)13-2)4-8-9(7)15-5-14-8/h3-4H,5H2,1-2H3/i1D3. The summed E-state index contributed by atoms with van der Waals surface area (Å²) in [6, 6.07) is 2.65. The average Bonchev–Trinajstić information content (AvgIpc) is 2.74. The Labute approximate surface area is 90.7 Å². The molecule has 0 bridgehead atoms. The molecule has 5 heteroatoms. The lowest BCUT2D eigenvalue weighted by molar-refractivity contribution is 0.0600. The number of carbonyl (C=O) groups excluding carboxylic acids is 1. The van der Waals surface area contributed by atoms with E-state index in [2.05, 4.69) is 4.74 Å². The minimum absolute atomic E-state index is 0.0582. The molecule has 0 fully saturated rings. The zero-order valence-corrected chi connectivity index (χ0v) is 7.90. The second-order valence-electron chi connectivity index (χ2n) is 2.80. The van der Waals surface area contributed by atoms with Crippen LogP contribution in [0.25, 0.3) is 0 Å². The van der Waals surface area contributed by atoms with E-state index >= 15 is 0 Å². The van der Waals surface area contributed by atoms with Crippen molar-refractivity contribution in [1.82, 2.24) is 0 Å². The first-order valence-corrected chi connectivity index (χ1v) is 4.12. The van der Waals surface area contributed by atoms with Crippen LogP contribution in [0, 0.1) is 0 Å². The van der Waals surface area contributed by atoms with E-state index in [1.165, 1.54) is 19.2 Å². The lowest BCUT2D eigenvalue weighted by atomic mass is 10.2. The second-order valence-corrected chi connectivity index (χ2v) is 2.80. The summed E-state index contributed by atoms with van der Waals surface area (Å²) in [7, 11) is -1.42. The van der Waals surface area contributed by atoms with Crippen LogP contribution in [-0.4, -0.2) is 26.9 Å². The largest absolute Gasteiger partial charge is 0.493 e. The molecule has 0 spiro atoms. The minimum atomic E-state index is -2.64. The zero-order valence-electron chi connectivity index (χ0n) is 10.9. The van der Waals surface area contributed by atoms with Gasteiger partial charge in [0.05, 0.1) is 23.8 Å². The van der Waals surface area contributed by atoms with Gasteiger partial charge in [0.25, 0.3) is 0 Å². The van der Waals surface area contributed by atoms with Gasteiger partial charge in [-0.3, -0.25) is 0 Å². The van der Waals surface area contributed by atoms with Gasteiger partial charge in [0, 0.05) is 0 Å². The molecule has 80 valence electrons. The van der Waals surface area contributed by atoms with E-state index in [1.54, 1.807) is 0 Å². The van der Waals surface area contributed by atoms with Crippen molar-refractivity contribution in [3.63, 3.8) is 0 Å². The summed E-state index contributed by atoms with van der Waals surface area (Å²) < 4.78 is 40.7. The summed E-state index contributed by atoms with van der Waals surface area (Å²) in [6.45, 7) is -0.0582. The van der Waals surface area contributed by atoms with Crippen molar-refractivity contribution >= 4 is 5.97 Å². The molecule has 1 aromatic carbocycles. The van der Waals surface area contributed by atoms with Gasteiger partial charge in [-0.15, -0.1) is 0 Å². The van der Waals surface area contributed by atoms with Gasteiger partial charge in [-0.2, -0.15) is 0 Å². The fourth-order valence-corrected chi connectivity index (χ4v) is 1.29. The number of fused-ring (bicyclic) bond motifs is 1. The van der Waals surface area contributed by atoms with E-state index in [9.17, 15) is 4.79 Å². The van der Waals surface area contributed by atoms with Gasteiger partial charge >= 0.3 is 5.97 Å². The Kier molecular flexibility index (Phi) is 1.61. The van der Waals surface area contributed by atoms with Gasteiger partial charge in [-0.25, -0.2) is 4.79 Å². The molecule has 0 atom stereocenters. The first kappa shape index (κ1) is 6.55. The van der Waals surface area contributed by atoms with Crippen LogP contribution < -0.4 is 14.2 Å². The Hall–Kier alpha value is -1.91. The van der Waals surface area contributed by atoms with Crippen LogP contribution >= 0.6 is 0 Å². The highest BCUT2D eigenvalue weighted by molar-refractivity contribution is 5.91. The van der Waals surface area contributed by atoms with Crippen LogP contribution in [0.5, 0.6) is 17.2 Å². The van der Waals surface area contributed by atoms with Crippen molar-refractivity contribution in [3.05, 3.63) is 17.7 Å². The lowest BCUT2D eigenvalue weighted by Crippen LogP contribution is -2.01. The van der Waals surface area contributed by atoms with Crippen LogP contribution in [0.3, 0.4) is 0 Å². The predicted octanol–water partition coefficient (Wildman–Crippen LogP) is 1.21. The lowest BCUT2D eigenvalue weighted by Gasteiger charge is -2.06. The number of benzene rings is 1. The van der Waals surface area contributed by atoms with Crippen LogP contribution in [-0.2, 0) is 4.74 Å². The molecule has 1 aliphatic rings. The Morgan fingerprint density at radius 2 is 2.40 bits per heavy atom. The molecule has 0 N–H and O–H groups in total. The van der Waals surface area contributed by atoms with Crippen molar-refractivity contribution in [3.8, 4) is 17.2 Å². The quantitative estimate of drug-likeness (QED) is 0.691. The number of carbonyl (C=O) groups is 1. The first-order chi connectivity index (χ1) is 8.40. The highest BCUT2D eigenvalue weighted by Crippen LogP contribution is 2.41. The number of ether oxygens (including phenoxy) is 4. The summed E-state index contributed by atoms with van der Waals surface area (Å²) in [5, 5.41) is 0. The molecule has 0 saturated heterocycles. The molecule has 0 aliphatic carbocycles. The summed E-state index contributed by atoms with van der Waals surface area (Å²) in [4.78, 5) is 11.4. The summed E-state index contributed by atoms with van der Waals surface area (Å²) >= 11 is 0. The van der Waals surface area contributed by atoms with E-state index in [1.807, 2.05) is 0 Å². The predicted molar refractivity (Wildman–Crippen MR) is 50.5 cm³/mol. The topological polar surface area (TPSA) is 54.0 Å². The molecule has 0 unspecified atom stereocenters. The molecule has 1 aliphatic heterocycles. The number of methoxy groups -OCH3 is 2. The Balaban J connectivity index is 2.44. The number of rotatable bonds is 2. The van der Waals surface area contributed by atoms with Crippen molar-refractivity contribution in [2.45, 2.75) is 0 Å². The Morgan fingerprint density at radius 3 is 3.13 bits per heavy atom. The molecule has 0 aromatic heterocycles. The second kappa shape index (κ2) is 3.68. The maximum absolute atomic E-state index is 11.4. The first-order valence-electron chi connectivity index (χ1n) is 5.62. The Bertz CT molecular complexity index is 483. The average molecular weight is 213 g/mol. The molecule has 0 radical (unpaired) electrons. The van der Waals surface area contributed by atoms with E-state index in [-0.39, 0.29) is 29.6 Å². The third-order valence-electron chi connectivity index (χ3n) is 1.97. The monoisotopic (exact) mass is 213 g/mol. The molecule has 5 nitrogen and oxygen atoms in total. The van der Waals surface area contributed by atoms with Gasteiger partial charge in [-0.1, -0.05) is 0 Å². The van der Waals surface area contributed by atoms with E-state index < -0.39 is 13.0 Å². The summed E-state index contributed by atoms with van der Waals surface area (Å²) in [6.07, 6.45) is 0. The van der Waals surface area contributed by atoms with Gasteiger partial charge in [-0.05, 0) is 12.1 Å². The normalized spacial score (nSPS) is 16.2. The summed E-state index contributed by atoms with van der Waals surface area (Å²) in [5.41, 5.74) is 0.126. The van der Waals surface area contributed by atoms with Crippen LogP contribution in [0.2, 0.25) is 0 Å². The number of hydrogen-bond donors (Lipinski definition) is 0. The fraction of sp³-hybridized carbons (Fsp3) is 0.300. The van der Waals surface area contributed by atoms with Crippen LogP contribution in [0.4, 0.5) is 0 Å². The molecule has 1 heterocycles. The van der Waals surface area contributed by atoms with Crippen molar-refractivity contribution in [2.24, 2.45) is 0 Å². The zero-order chi connectivity index (χ0) is 13.3. The van der Waals surface area contributed by atoms with Gasteiger partial charge in [0.1, 0.15) is 0 Å². The maximum Gasteiger partial charge on any atom is 0.338 e. The Morgan fingerprint density at radius 1 is 1.53 bits per heavy atom. The molecular formula is C10H10O5. The van der Waals surface area contributed by atoms with Gasteiger partial charge < -0.3 is 18.9 Å². The molecule has 1 aromatic rings. The third kappa shape index (κ3) is 1.56. The third-order valence-corrected chi connectivity index (χ3v) is 1.97. The van der Waals surface area contributed by atoms with E-state index in [4.69, 9.17) is 18.3 Å². The van der Waals surface area contributed by atoms with E-state index in [0.29, 0.717) is 0 Å². The SMILES string of the molecule is [2H]C([2H])([2H])Oc1cc(C(=O)OC)cc2c1OCO2. The van der Waals surface area contributed by atoms with Crippen LogP contribution in [0.1, 0.15) is 14.5 Å². The minimum Gasteiger partial charge on any atom is -0.493 e. The fourth-order valence-electron chi connectivity index (χ4n) is 1.29. The molecule has 15 heavy (non-hydrogen) atoms. The van der Waals surface area contributed by atoms with Gasteiger partial charge in [0.2, 0.25) is 12.5 Å². The van der Waals surface area contributed by atoms with Crippen molar-refractivity contribution < 1.29 is 27.9 Å². The van der Waals surface area contributed by atoms with Gasteiger partial charge in [0.15, 0.2) is 11.5 Å². The highest BCUT2D eigenvalue weighted by Gasteiger charge is 2.22. The molecular weight excluding hydrogens is 200 g/mol. The number of hydrogen-bond acceptors (Lipinski definition) is 5. The maximum atomic E-state index is 11.4. The smallest absolute Gasteiger partial charge is 0.338 e. The molecule has 0 amide bonds. The van der Waals surface area contributed by atoms with E-state index in [0.717, 1.165) is 0 Å². The molecule has 2 rings (SSSR count). The number of esters is 1.